The largest absolute Gasteiger partial charge is 0.301 e. The smallest absolute Gasteiger partial charge is 0.268 e. The van der Waals surface area contributed by atoms with E-state index in [1.807, 2.05) is 0 Å². The molecule has 0 unspecified atom stereocenters. The highest BCUT2D eigenvalue weighted by molar-refractivity contribution is 7.99. The van der Waals surface area contributed by atoms with Gasteiger partial charge in [0.15, 0.2) is 5.03 Å². The molecule has 0 spiro atoms. The van der Waals surface area contributed by atoms with Crippen molar-refractivity contribution in [2.24, 2.45) is 0 Å². The van der Waals surface area contributed by atoms with Crippen LogP contribution >= 0.6 is 11.8 Å². The number of carbonyl (C=O) groups is 2. The predicted molar refractivity (Wildman–Crippen MR) is 99.0 cm³/mol. The molecule has 0 aliphatic carbocycles. The highest BCUT2D eigenvalue weighted by Gasteiger charge is 2.36. The lowest BCUT2D eigenvalue weighted by Gasteiger charge is -2.14. The van der Waals surface area contributed by atoms with Gasteiger partial charge < -0.3 is 0 Å². The zero-order valence-electron chi connectivity index (χ0n) is 13.7. The lowest BCUT2D eigenvalue weighted by Crippen LogP contribution is -2.29. The number of pyridine rings is 1. The van der Waals surface area contributed by atoms with Crippen molar-refractivity contribution in [2.75, 3.05) is 4.90 Å². The third kappa shape index (κ3) is 2.96. The molecular formula is C19H11N3O4S. The van der Waals surface area contributed by atoms with Crippen LogP contribution in [0.5, 0.6) is 0 Å². The van der Waals surface area contributed by atoms with Gasteiger partial charge in [-0.1, -0.05) is 30.0 Å². The minimum absolute atomic E-state index is 0.103. The van der Waals surface area contributed by atoms with Crippen molar-refractivity contribution in [2.45, 2.75) is 9.92 Å². The van der Waals surface area contributed by atoms with Crippen LogP contribution in [0.1, 0.15) is 20.7 Å². The van der Waals surface area contributed by atoms with Crippen molar-refractivity contribution in [3.05, 3.63) is 88.1 Å². The van der Waals surface area contributed by atoms with Gasteiger partial charge >= 0.3 is 5.69 Å². The van der Waals surface area contributed by atoms with Gasteiger partial charge in [0.05, 0.1) is 21.7 Å². The molecule has 8 heteroatoms. The fourth-order valence-corrected chi connectivity index (χ4v) is 3.73. The van der Waals surface area contributed by atoms with Crippen LogP contribution in [0.2, 0.25) is 0 Å². The Hall–Kier alpha value is -3.52. The number of carbonyl (C=O) groups excluding carboxylic acids is 2. The molecule has 0 fully saturated rings. The Morgan fingerprint density at radius 2 is 1.63 bits per heavy atom. The first-order chi connectivity index (χ1) is 13.1. The van der Waals surface area contributed by atoms with Crippen molar-refractivity contribution in [1.82, 2.24) is 4.98 Å². The maximum Gasteiger partial charge on any atom is 0.301 e. The number of hydrogen-bond donors (Lipinski definition) is 0. The summed E-state index contributed by atoms with van der Waals surface area (Å²) < 4.78 is 0. The van der Waals surface area contributed by atoms with Crippen LogP contribution in [0.3, 0.4) is 0 Å². The second-order valence-electron chi connectivity index (χ2n) is 5.68. The Bertz CT molecular complexity index is 1060. The first kappa shape index (κ1) is 16.9. The molecule has 3 aromatic rings. The maximum atomic E-state index is 12.6. The molecule has 0 N–H and O–H groups in total. The van der Waals surface area contributed by atoms with Gasteiger partial charge in [0.2, 0.25) is 0 Å². The molecule has 1 aliphatic rings. The standard InChI is InChI=1S/C19H11N3O4S/c23-18-14-7-1-2-8-15(14)19(24)21(18)12-5-3-6-13(11-12)27-17-16(22(25)26)9-4-10-20-17/h1-11H. The summed E-state index contributed by atoms with van der Waals surface area (Å²) >= 11 is 1.10. The predicted octanol–water partition coefficient (Wildman–Crippen LogP) is 3.94. The molecule has 1 aliphatic heterocycles. The van der Waals surface area contributed by atoms with E-state index in [9.17, 15) is 19.7 Å². The molecule has 0 radical (unpaired) electrons. The summed E-state index contributed by atoms with van der Waals surface area (Å²) in [5.74, 6) is -0.775. The zero-order chi connectivity index (χ0) is 19.0. The van der Waals surface area contributed by atoms with E-state index in [4.69, 9.17) is 0 Å². The number of fused-ring (bicyclic) bond motifs is 1. The fraction of sp³-hybridized carbons (Fsp3) is 0. The molecular weight excluding hydrogens is 366 g/mol. The summed E-state index contributed by atoms with van der Waals surface area (Å²) in [6, 6.07) is 16.3. The van der Waals surface area contributed by atoms with Gasteiger partial charge in [0.1, 0.15) is 0 Å². The van der Waals surface area contributed by atoms with E-state index in [0.717, 1.165) is 16.7 Å². The number of nitro groups is 1. The minimum atomic E-state index is -0.497. The summed E-state index contributed by atoms with van der Waals surface area (Å²) in [7, 11) is 0. The first-order valence-corrected chi connectivity index (χ1v) is 8.73. The third-order valence-electron chi connectivity index (χ3n) is 4.03. The van der Waals surface area contributed by atoms with Gasteiger partial charge in [-0.25, -0.2) is 9.88 Å². The van der Waals surface area contributed by atoms with E-state index in [2.05, 4.69) is 4.98 Å². The molecule has 2 amide bonds. The summed E-state index contributed by atoms with van der Waals surface area (Å²) in [6.45, 7) is 0. The van der Waals surface area contributed by atoms with E-state index >= 15 is 0 Å². The SMILES string of the molecule is O=C1c2ccccc2C(=O)N1c1cccc(Sc2ncccc2[N+](=O)[O-])c1. The molecule has 0 atom stereocenters. The Labute approximate surface area is 157 Å². The van der Waals surface area contributed by atoms with Gasteiger partial charge in [0.25, 0.3) is 11.8 Å². The van der Waals surface area contributed by atoms with Crippen molar-refractivity contribution < 1.29 is 14.5 Å². The number of benzene rings is 2. The van der Waals surface area contributed by atoms with Crippen molar-refractivity contribution in [1.29, 1.82) is 0 Å². The number of nitrogens with zero attached hydrogens (tertiary/aromatic N) is 3. The number of anilines is 1. The van der Waals surface area contributed by atoms with Gasteiger partial charge in [0, 0.05) is 17.2 Å². The Morgan fingerprint density at radius 1 is 0.926 bits per heavy atom. The van der Waals surface area contributed by atoms with Gasteiger partial charge in [-0.15, -0.1) is 0 Å². The second-order valence-corrected chi connectivity index (χ2v) is 6.74. The highest BCUT2D eigenvalue weighted by atomic mass is 32.2. The van der Waals surface area contributed by atoms with E-state index in [0.29, 0.717) is 21.7 Å². The molecule has 0 bridgehead atoms. The van der Waals surface area contributed by atoms with Crippen molar-refractivity contribution in [3.63, 3.8) is 0 Å². The monoisotopic (exact) mass is 377 g/mol. The molecule has 2 aromatic carbocycles. The van der Waals surface area contributed by atoms with Crippen LogP contribution in [0.15, 0.2) is 76.8 Å². The van der Waals surface area contributed by atoms with Gasteiger partial charge in [-0.05, 0) is 36.4 Å². The Balaban J connectivity index is 1.68. The minimum Gasteiger partial charge on any atom is -0.268 e. The van der Waals surface area contributed by atoms with E-state index in [1.165, 1.54) is 18.3 Å². The average molecular weight is 377 g/mol. The van der Waals surface area contributed by atoms with Gasteiger partial charge in [-0.2, -0.15) is 0 Å². The molecule has 1 aromatic heterocycles. The molecule has 27 heavy (non-hydrogen) atoms. The van der Waals surface area contributed by atoms with Crippen LogP contribution in [-0.2, 0) is 0 Å². The zero-order valence-corrected chi connectivity index (χ0v) is 14.6. The molecule has 2 heterocycles. The first-order valence-electron chi connectivity index (χ1n) is 7.91. The van der Waals surface area contributed by atoms with Crippen LogP contribution in [0.4, 0.5) is 11.4 Å². The Morgan fingerprint density at radius 3 is 2.30 bits per heavy atom. The fourth-order valence-electron chi connectivity index (χ4n) is 2.82. The summed E-state index contributed by atoms with van der Waals surface area (Å²) in [5.41, 5.74) is 1.03. The van der Waals surface area contributed by atoms with Crippen LogP contribution in [-0.4, -0.2) is 21.7 Å². The number of rotatable bonds is 4. The number of aromatic nitrogens is 1. The van der Waals surface area contributed by atoms with E-state index in [-0.39, 0.29) is 22.5 Å². The normalized spacial score (nSPS) is 13.0. The number of amides is 2. The maximum absolute atomic E-state index is 12.6. The molecule has 7 nitrogen and oxygen atoms in total. The van der Waals surface area contributed by atoms with Crippen molar-refractivity contribution >= 4 is 35.0 Å². The Kier molecular flexibility index (Phi) is 4.17. The van der Waals surface area contributed by atoms with Gasteiger partial charge in [-0.3, -0.25) is 19.7 Å². The van der Waals surface area contributed by atoms with Crippen LogP contribution in [0, 0.1) is 10.1 Å². The number of hydrogen-bond acceptors (Lipinski definition) is 6. The van der Waals surface area contributed by atoms with Crippen LogP contribution < -0.4 is 4.90 Å². The lowest BCUT2D eigenvalue weighted by molar-refractivity contribution is -0.388. The summed E-state index contributed by atoms with van der Waals surface area (Å²) in [6.07, 6.45) is 1.48. The second kappa shape index (κ2) is 6.65. The topological polar surface area (TPSA) is 93.4 Å². The summed E-state index contributed by atoms with van der Waals surface area (Å²) in [5, 5.41) is 11.4. The summed E-state index contributed by atoms with van der Waals surface area (Å²) in [4.78, 5) is 41.7. The molecule has 0 saturated carbocycles. The quantitative estimate of drug-likeness (QED) is 0.388. The highest BCUT2D eigenvalue weighted by Crippen LogP contribution is 2.36. The molecule has 0 saturated heterocycles. The van der Waals surface area contributed by atoms with Crippen LogP contribution in [0.25, 0.3) is 0 Å². The van der Waals surface area contributed by atoms with E-state index in [1.54, 1.807) is 48.5 Å². The van der Waals surface area contributed by atoms with E-state index < -0.39 is 4.92 Å². The molecule has 4 rings (SSSR count). The number of imide groups is 1. The lowest BCUT2D eigenvalue weighted by atomic mass is 10.1. The average Bonchev–Trinajstić information content (AvgIpc) is 2.93. The third-order valence-corrected chi connectivity index (χ3v) is 5.03. The molecule has 132 valence electrons. The van der Waals surface area contributed by atoms with Crippen molar-refractivity contribution in [3.8, 4) is 0 Å².